The van der Waals surface area contributed by atoms with E-state index in [1.165, 1.54) is 11.1 Å². The molecule has 0 heterocycles. The van der Waals surface area contributed by atoms with Gasteiger partial charge in [-0.25, -0.2) is 0 Å². The predicted molar refractivity (Wildman–Crippen MR) is 126 cm³/mol. The van der Waals surface area contributed by atoms with E-state index in [1.54, 1.807) is 0 Å². The Balaban J connectivity index is 2.73. The number of aliphatic hydroxyl groups excluding tert-OH is 1. The summed E-state index contributed by atoms with van der Waals surface area (Å²) in [6.45, 7) is 18.5. The molecule has 2 heteroatoms. The molecule has 0 aliphatic rings. The van der Waals surface area contributed by atoms with Crippen LogP contribution in [0.4, 0.5) is 5.69 Å². The highest BCUT2D eigenvalue weighted by Crippen LogP contribution is 2.40. The molecule has 2 N–H and O–H groups in total. The van der Waals surface area contributed by atoms with Crippen LogP contribution in [0.3, 0.4) is 0 Å². The minimum atomic E-state index is -0.914. The normalized spacial score (nSPS) is 13.3. The Morgan fingerprint density at radius 1 is 0.966 bits per heavy atom. The van der Waals surface area contributed by atoms with Crippen molar-refractivity contribution in [2.24, 2.45) is 5.92 Å². The van der Waals surface area contributed by atoms with E-state index in [-0.39, 0.29) is 10.8 Å². The lowest BCUT2D eigenvalue weighted by molar-refractivity contribution is 0.238. The highest BCUT2D eigenvalue weighted by Gasteiger charge is 2.24. The number of anilines is 1. The molecule has 0 spiro atoms. The average molecular weight is 392 g/mol. The summed E-state index contributed by atoms with van der Waals surface area (Å²) in [7, 11) is 0. The minimum absolute atomic E-state index is 0.0935. The minimum Gasteiger partial charge on any atom is -0.384 e. The smallest absolute Gasteiger partial charge is 0.140 e. The topological polar surface area (TPSA) is 32.3 Å². The summed E-state index contributed by atoms with van der Waals surface area (Å²) >= 11 is 0. The van der Waals surface area contributed by atoms with Crippen molar-refractivity contribution in [2.75, 3.05) is 11.9 Å². The molecule has 156 valence electrons. The number of terminal acetylenes is 1. The Labute approximate surface area is 177 Å². The standard InChI is InChI=1S/C27H37NO/c1-10-24(29)20-15-22(19-11-13-21(14-12-19)26(4,5)6)25(28-17-18(2)3)23(16-20)27(7,8)9/h1,11-16,18,24,28-29H,17H2,2-9H3. The number of hydrogen-bond acceptors (Lipinski definition) is 2. The van der Waals surface area contributed by atoms with Gasteiger partial charge in [-0.05, 0) is 51.1 Å². The summed E-state index contributed by atoms with van der Waals surface area (Å²) in [6, 6.07) is 12.8. The van der Waals surface area contributed by atoms with Crippen LogP contribution < -0.4 is 5.32 Å². The van der Waals surface area contributed by atoms with Crippen LogP contribution in [0.1, 0.15) is 78.2 Å². The van der Waals surface area contributed by atoms with Crippen molar-refractivity contribution in [2.45, 2.75) is 72.3 Å². The molecule has 2 aromatic carbocycles. The molecule has 0 radical (unpaired) electrons. The fraction of sp³-hybridized carbons (Fsp3) is 0.481. The van der Waals surface area contributed by atoms with Crippen LogP contribution in [0.2, 0.25) is 0 Å². The molecule has 0 aliphatic heterocycles. The summed E-state index contributed by atoms with van der Waals surface area (Å²) in [5, 5.41) is 14.1. The zero-order valence-corrected chi connectivity index (χ0v) is 19.4. The first-order valence-electron chi connectivity index (χ1n) is 10.5. The maximum atomic E-state index is 10.4. The average Bonchev–Trinajstić information content (AvgIpc) is 2.63. The van der Waals surface area contributed by atoms with Crippen LogP contribution in [0.25, 0.3) is 11.1 Å². The number of nitrogens with one attached hydrogen (secondary N) is 1. The molecule has 2 rings (SSSR count). The second-order valence-corrected chi connectivity index (χ2v) is 10.4. The van der Waals surface area contributed by atoms with Gasteiger partial charge >= 0.3 is 0 Å². The first-order chi connectivity index (χ1) is 13.3. The second-order valence-electron chi connectivity index (χ2n) is 10.4. The van der Waals surface area contributed by atoms with Crippen LogP contribution in [0.15, 0.2) is 36.4 Å². The molecule has 0 saturated carbocycles. The monoisotopic (exact) mass is 391 g/mol. The molecule has 2 aromatic rings. The number of aliphatic hydroxyl groups is 1. The van der Waals surface area contributed by atoms with Crippen molar-refractivity contribution in [3.8, 4) is 23.5 Å². The molecule has 29 heavy (non-hydrogen) atoms. The lowest BCUT2D eigenvalue weighted by Crippen LogP contribution is -2.19. The van der Waals surface area contributed by atoms with E-state index in [2.05, 4.69) is 97.0 Å². The van der Waals surface area contributed by atoms with Crippen LogP contribution in [0.5, 0.6) is 0 Å². The van der Waals surface area contributed by atoms with Crippen LogP contribution in [-0.4, -0.2) is 11.7 Å². The Hall–Kier alpha value is -2.24. The highest BCUT2D eigenvalue weighted by atomic mass is 16.3. The molecule has 1 unspecified atom stereocenters. The lowest BCUT2D eigenvalue weighted by Gasteiger charge is -2.28. The van der Waals surface area contributed by atoms with Gasteiger partial charge < -0.3 is 10.4 Å². The lowest BCUT2D eigenvalue weighted by atomic mass is 9.81. The largest absolute Gasteiger partial charge is 0.384 e. The maximum absolute atomic E-state index is 10.4. The van der Waals surface area contributed by atoms with Gasteiger partial charge in [0.1, 0.15) is 6.10 Å². The molecule has 0 aromatic heterocycles. The first-order valence-corrected chi connectivity index (χ1v) is 10.5. The third kappa shape index (κ3) is 5.64. The molecule has 0 saturated heterocycles. The van der Waals surface area contributed by atoms with Gasteiger partial charge in [0.25, 0.3) is 0 Å². The molecule has 0 fully saturated rings. The van der Waals surface area contributed by atoms with E-state index >= 15 is 0 Å². The van der Waals surface area contributed by atoms with Gasteiger partial charge in [-0.1, -0.05) is 85.6 Å². The Morgan fingerprint density at radius 3 is 2.00 bits per heavy atom. The van der Waals surface area contributed by atoms with E-state index in [0.29, 0.717) is 5.92 Å². The first kappa shape index (κ1) is 23.0. The van der Waals surface area contributed by atoms with E-state index in [9.17, 15) is 5.11 Å². The molecular formula is C27H37NO. The van der Waals surface area contributed by atoms with Crippen molar-refractivity contribution in [1.82, 2.24) is 0 Å². The van der Waals surface area contributed by atoms with Gasteiger partial charge in [-0.15, -0.1) is 6.42 Å². The van der Waals surface area contributed by atoms with Crippen molar-refractivity contribution in [3.63, 3.8) is 0 Å². The van der Waals surface area contributed by atoms with E-state index in [1.807, 2.05) is 6.07 Å². The zero-order chi connectivity index (χ0) is 22.0. The van der Waals surface area contributed by atoms with Crippen LogP contribution >= 0.6 is 0 Å². The van der Waals surface area contributed by atoms with Gasteiger partial charge in [0.2, 0.25) is 0 Å². The summed E-state index contributed by atoms with van der Waals surface area (Å²) < 4.78 is 0. The summed E-state index contributed by atoms with van der Waals surface area (Å²) in [5.74, 6) is 3.00. The van der Waals surface area contributed by atoms with Crippen molar-refractivity contribution < 1.29 is 5.11 Å². The number of benzene rings is 2. The molecule has 0 bridgehead atoms. The van der Waals surface area contributed by atoms with E-state index < -0.39 is 6.10 Å². The molecule has 1 atom stereocenters. The Kier molecular flexibility index (Phi) is 6.86. The summed E-state index contributed by atoms with van der Waals surface area (Å²) in [5.41, 5.74) is 6.58. The third-order valence-electron chi connectivity index (χ3n) is 5.19. The van der Waals surface area contributed by atoms with E-state index in [0.717, 1.165) is 28.9 Å². The molecule has 0 aliphatic carbocycles. The van der Waals surface area contributed by atoms with Crippen LogP contribution in [0, 0.1) is 18.3 Å². The highest BCUT2D eigenvalue weighted by molar-refractivity contribution is 5.82. The van der Waals surface area contributed by atoms with Crippen LogP contribution in [-0.2, 0) is 10.8 Å². The van der Waals surface area contributed by atoms with Crippen molar-refractivity contribution in [1.29, 1.82) is 0 Å². The summed E-state index contributed by atoms with van der Waals surface area (Å²) in [4.78, 5) is 0. The summed E-state index contributed by atoms with van der Waals surface area (Å²) in [6.07, 6.45) is 4.63. The second kappa shape index (κ2) is 8.64. The Bertz CT molecular complexity index is 871. The predicted octanol–water partition coefficient (Wildman–Crippen LogP) is 6.68. The fourth-order valence-corrected chi connectivity index (χ4v) is 3.38. The maximum Gasteiger partial charge on any atom is 0.140 e. The SMILES string of the molecule is C#CC(O)c1cc(-c2ccc(C(C)(C)C)cc2)c(NCC(C)C)c(C(C)(C)C)c1. The van der Waals surface area contributed by atoms with Gasteiger partial charge in [0.05, 0.1) is 0 Å². The quantitative estimate of drug-likeness (QED) is 0.557. The number of hydrogen-bond donors (Lipinski definition) is 2. The van der Waals surface area contributed by atoms with Gasteiger partial charge in [-0.2, -0.15) is 0 Å². The third-order valence-corrected chi connectivity index (χ3v) is 5.19. The molecule has 2 nitrogen and oxygen atoms in total. The molecular weight excluding hydrogens is 354 g/mol. The van der Waals surface area contributed by atoms with Gasteiger partial charge in [0, 0.05) is 17.8 Å². The van der Waals surface area contributed by atoms with Gasteiger partial charge in [-0.3, -0.25) is 0 Å². The number of rotatable bonds is 5. The van der Waals surface area contributed by atoms with Crippen molar-refractivity contribution in [3.05, 3.63) is 53.1 Å². The fourth-order valence-electron chi connectivity index (χ4n) is 3.38. The van der Waals surface area contributed by atoms with Gasteiger partial charge in [0.15, 0.2) is 0 Å². The van der Waals surface area contributed by atoms with E-state index in [4.69, 9.17) is 6.42 Å². The van der Waals surface area contributed by atoms with Crippen molar-refractivity contribution >= 4 is 5.69 Å². The zero-order valence-electron chi connectivity index (χ0n) is 19.4. The molecule has 0 amide bonds. The Morgan fingerprint density at radius 2 is 1.55 bits per heavy atom.